The van der Waals surface area contributed by atoms with Gasteiger partial charge in [-0.2, -0.15) is 0 Å². The highest BCUT2D eigenvalue weighted by Gasteiger charge is 2.06. The molecule has 1 unspecified atom stereocenters. The van der Waals surface area contributed by atoms with Gasteiger partial charge in [0.2, 0.25) is 0 Å². The maximum atomic E-state index is 4.53. The minimum absolute atomic E-state index is 0.359. The lowest BCUT2D eigenvalue weighted by Crippen LogP contribution is -1.84. The molecule has 2 aromatic rings. The predicted molar refractivity (Wildman–Crippen MR) is 58.2 cm³/mol. The summed E-state index contributed by atoms with van der Waals surface area (Å²) in [6.07, 6.45) is 1.93. The van der Waals surface area contributed by atoms with Crippen molar-refractivity contribution < 1.29 is 0 Å². The summed E-state index contributed by atoms with van der Waals surface area (Å²) in [4.78, 5) is 4.53. The Hall–Kier alpha value is -1.15. The van der Waals surface area contributed by atoms with E-state index < -0.39 is 0 Å². The van der Waals surface area contributed by atoms with Crippen molar-refractivity contribution in [1.29, 1.82) is 0 Å². The van der Waals surface area contributed by atoms with Gasteiger partial charge < -0.3 is 0 Å². The van der Waals surface area contributed by atoms with Crippen LogP contribution in [-0.4, -0.2) is 4.98 Å². The first-order valence-electron chi connectivity index (χ1n) is 4.29. The molecule has 1 heterocycles. The van der Waals surface area contributed by atoms with E-state index in [2.05, 4.69) is 24.6 Å². The molecule has 0 amide bonds. The maximum absolute atomic E-state index is 4.53. The van der Waals surface area contributed by atoms with Crippen molar-refractivity contribution in [2.45, 2.75) is 12.8 Å². The van der Waals surface area contributed by atoms with E-state index in [1.165, 1.54) is 4.70 Å². The zero-order valence-electron chi connectivity index (χ0n) is 7.53. The SMILES string of the molecule is C=CC(C)c1nc2ccccc2s1. The molecule has 0 fully saturated rings. The monoisotopic (exact) mass is 189 g/mol. The summed E-state index contributed by atoms with van der Waals surface area (Å²) in [6, 6.07) is 8.21. The van der Waals surface area contributed by atoms with Crippen LogP contribution in [0.4, 0.5) is 0 Å². The van der Waals surface area contributed by atoms with Gasteiger partial charge in [0, 0.05) is 5.92 Å². The molecule has 1 atom stereocenters. The third-order valence-corrected chi connectivity index (χ3v) is 3.29. The average molecular weight is 189 g/mol. The second-order valence-corrected chi connectivity index (χ2v) is 4.11. The van der Waals surface area contributed by atoms with Crippen LogP contribution in [0.2, 0.25) is 0 Å². The number of benzene rings is 1. The number of hydrogen-bond acceptors (Lipinski definition) is 2. The Kier molecular flexibility index (Phi) is 2.15. The molecule has 0 radical (unpaired) electrons. The summed E-state index contributed by atoms with van der Waals surface area (Å²) < 4.78 is 1.26. The highest BCUT2D eigenvalue weighted by atomic mass is 32.1. The summed E-state index contributed by atoms with van der Waals surface area (Å²) in [7, 11) is 0. The fraction of sp³-hybridized carbons (Fsp3) is 0.182. The molecule has 2 heteroatoms. The molecule has 0 saturated heterocycles. The van der Waals surface area contributed by atoms with E-state index in [0.717, 1.165) is 10.5 Å². The van der Waals surface area contributed by atoms with Crippen LogP contribution in [0.3, 0.4) is 0 Å². The van der Waals surface area contributed by atoms with Crippen molar-refractivity contribution in [3.63, 3.8) is 0 Å². The Morgan fingerprint density at radius 3 is 2.92 bits per heavy atom. The maximum Gasteiger partial charge on any atom is 0.100 e. The highest BCUT2D eigenvalue weighted by Crippen LogP contribution is 2.27. The van der Waals surface area contributed by atoms with Crippen molar-refractivity contribution in [2.75, 3.05) is 0 Å². The van der Waals surface area contributed by atoms with Crippen LogP contribution in [0.15, 0.2) is 36.9 Å². The van der Waals surface area contributed by atoms with E-state index in [1.54, 1.807) is 11.3 Å². The Labute approximate surface area is 81.7 Å². The molecule has 0 aliphatic rings. The fourth-order valence-electron chi connectivity index (χ4n) is 1.19. The lowest BCUT2D eigenvalue weighted by Gasteiger charge is -1.96. The highest BCUT2D eigenvalue weighted by molar-refractivity contribution is 7.18. The van der Waals surface area contributed by atoms with Crippen molar-refractivity contribution >= 4 is 21.6 Å². The Morgan fingerprint density at radius 2 is 2.23 bits per heavy atom. The van der Waals surface area contributed by atoms with E-state index in [4.69, 9.17) is 0 Å². The van der Waals surface area contributed by atoms with E-state index in [9.17, 15) is 0 Å². The molecule has 0 aliphatic heterocycles. The molecule has 0 spiro atoms. The van der Waals surface area contributed by atoms with Crippen LogP contribution in [0, 0.1) is 0 Å². The van der Waals surface area contributed by atoms with Crippen molar-refractivity contribution in [1.82, 2.24) is 4.98 Å². The van der Waals surface area contributed by atoms with Crippen LogP contribution >= 0.6 is 11.3 Å². The van der Waals surface area contributed by atoms with Gasteiger partial charge >= 0.3 is 0 Å². The molecule has 1 aromatic heterocycles. The second kappa shape index (κ2) is 3.30. The molecule has 0 N–H and O–H groups in total. The number of allylic oxidation sites excluding steroid dienone is 1. The fourth-order valence-corrected chi connectivity index (χ4v) is 2.20. The van der Waals surface area contributed by atoms with Gasteiger partial charge in [0.05, 0.1) is 10.2 Å². The number of aromatic nitrogens is 1. The van der Waals surface area contributed by atoms with Gasteiger partial charge in [0.15, 0.2) is 0 Å². The van der Waals surface area contributed by atoms with Crippen molar-refractivity contribution in [3.05, 3.63) is 41.9 Å². The van der Waals surface area contributed by atoms with Crippen LogP contribution in [0.5, 0.6) is 0 Å². The summed E-state index contributed by atoms with van der Waals surface area (Å²) >= 11 is 1.75. The van der Waals surface area contributed by atoms with Crippen LogP contribution in [0.1, 0.15) is 17.8 Å². The summed E-state index contributed by atoms with van der Waals surface area (Å²) in [6.45, 7) is 5.89. The van der Waals surface area contributed by atoms with E-state index >= 15 is 0 Å². The van der Waals surface area contributed by atoms with Crippen molar-refractivity contribution in [2.24, 2.45) is 0 Å². The smallest absolute Gasteiger partial charge is 0.100 e. The molecule has 1 nitrogen and oxygen atoms in total. The topological polar surface area (TPSA) is 12.9 Å². The molecular weight excluding hydrogens is 178 g/mol. The Balaban J connectivity index is 2.55. The lowest BCUT2D eigenvalue weighted by molar-refractivity contribution is 0.955. The summed E-state index contributed by atoms with van der Waals surface area (Å²) in [5.74, 6) is 0.359. The zero-order valence-corrected chi connectivity index (χ0v) is 8.34. The number of nitrogens with zero attached hydrogens (tertiary/aromatic N) is 1. The van der Waals surface area contributed by atoms with Crippen LogP contribution < -0.4 is 0 Å². The van der Waals surface area contributed by atoms with E-state index in [1.807, 2.05) is 24.3 Å². The largest absolute Gasteiger partial charge is 0.241 e. The summed E-state index contributed by atoms with van der Waals surface area (Å²) in [5.41, 5.74) is 1.09. The van der Waals surface area contributed by atoms with Gasteiger partial charge in [-0.25, -0.2) is 4.98 Å². The molecule has 0 aliphatic carbocycles. The zero-order chi connectivity index (χ0) is 9.26. The van der Waals surface area contributed by atoms with Crippen LogP contribution in [0.25, 0.3) is 10.2 Å². The Bertz CT molecular complexity index is 397. The van der Waals surface area contributed by atoms with Gasteiger partial charge in [-0.1, -0.05) is 25.1 Å². The number of hydrogen-bond donors (Lipinski definition) is 0. The first-order valence-corrected chi connectivity index (χ1v) is 5.11. The van der Waals surface area contributed by atoms with Gasteiger partial charge in [-0.15, -0.1) is 17.9 Å². The van der Waals surface area contributed by atoms with Gasteiger partial charge in [-0.05, 0) is 12.1 Å². The standard InChI is InChI=1S/C11H11NS/c1-3-8(2)11-12-9-6-4-5-7-10(9)13-11/h3-8H,1H2,2H3. The first-order chi connectivity index (χ1) is 6.31. The van der Waals surface area contributed by atoms with E-state index in [0.29, 0.717) is 5.92 Å². The lowest BCUT2D eigenvalue weighted by atomic mass is 10.2. The molecule has 0 saturated carbocycles. The van der Waals surface area contributed by atoms with Gasteiger partial charge in [0.1, 0.15) is 5.01 Å². The number of fused-ring (bicyclic) bond motifs is 1. The predicted octanol–water partition coefficient (Wildman–Crippen LogP) is 3.59. The Morgan fingerprint density at radius 1 is 1.46 bits per heavy atom. The normalized spacial score (nSPS) is 13.0. The first kappa shape index (κ1) is 8.45. The van der Waals surface area contributed by atoms with Gasteiger partial charge in [0.25, 0.3) is 0 Å². The molecule has 2 rings (SSSR count). The number of thiazole rings is 1. The number of para-hydroxylation sites is 1. The quantitative estimate of drug-likeness (QED) is 0.658. The molecular formula is C11H11NS. The van der Waals surface area contributed by atoms with Crippen LogP contribution in [-0.2, 0) is 0 Å². The minimum atomic E-state index is 0.359. The van der Waals surface area contributed by atoms with E-state index in [-0.39, 0.29) is 0 Å². The molecule has 66 valence electrons. The molecule has 1 aromatic carbocycles. The number of rotatable bonds is 2. The second-order valence-electron chi connectivity index (χ2n) is 3.04. The average Bonchev–Trinajstić information content (AvgIpc) is 2.59. The third kappa shape index (κ3) is 1.49. The summed E-state index contributed by atoms with van der Waals surface area (Å²) in [5, 5.41) is 1.15. The van der Waals surface area contributed by atoms with Gasteiger partial charge in [-0.3, -0.25) is 0 Å². The third-order valence-electron chi connectivity index (χ3n) is 2.05. The van der Waals surface area contributed by atoms with Crippen molar-refractivity contribution in [3.8, 4) is 0 Å². The molecule has 13 heavy (non-hydrogen) atoms. The minimum Gasteiger partial charge on any atom is -0.241 e. The molecule has 0 bridgehead atoms.